The van der Waals surface area contributed by atoms with E-state index in [0.717, 1.165) is 0 Å². The van der Waals surface area contributed by atoms with Crippen LogP contribution in [0.15, 0.2) is 0 Å². The smallest absolute Gasteiger partial charge is 0.324 e. The standard InChI is InChI=1S/C10H17NO4/c1-6(2)8(10(13)15-4)11-5-7(11)9(12)14-3/h6-8H,5H2,1-4H3/t7?,8-,11?/m0/s1. The summed E-state index contributed by atoms with van der Waals surface area (Å²) in [5.74, 6) is -0.465. The van der Waals surface area contributed by atoms with E-state index in [1.54, 1.807) is 4.90 Å². The Morgan fingerprint density at radius 2 is 1.87 bits per heavy atom. The monoisotopic (exact) mass is 215 g/mol. The molecule has 5 heteroatoms. The number of carbonyl (C=O) groups is 2. The van der Waals surface area contributed by atoms with Crippen molar-refractivity contribution >= 4 is 11.9 Å². The summed E-state index contributed by atoms with van der Waals surface area (Å²) in [6, 6.07) is -0.624. The van der Waals surface area contributed by atoms with Gasteiger partial charge in [0.2, 0.25) is 0 Å². The Labute approximate surface area is 89.3 Å². The normalized spacial score (nSPS) is 25.9. The molecule has 0 amide bonds. The van der Waals surface area contributed by atoms with Crippen molar-refractivity contribution in [2.45, 2.75) is 25.9 Å². The fourth-order valence-corrected chi connectivity index (χ4v) is 1.72. The van der Waals surface area contributed by atoms with Crippen molar-refractivity contribution in [3.8, 4) is 0 Å². The second kappa shape index (κ2) is 4.61. The van der Waals surface area contributed by atoms with Gasteiger partial charge in [-0.05, 0) is 5.92 Å². The highest BCUT2D eigenvalue weighted by Crippen LogP contribution is 2.27. The van der Waals surface area contributed by atoms with Gasteiger partial charge >= 0.3 is 11.9 Å². The molecule has 1 rings (SSSR count). The number of nitrogens with zero attached hydrogens (tertiary/aromatic N) is 1. The van der Waals surface area contributed by atoms with Crippen molar-refractivity contribution in [2.75, 3.05) is 20.8 Å². The van der Waals surface area contributed by atoms with Crippen LogP contribution >= 0.6 is 0 Å². The Kier molecular flexibility index (Phi) is 3.68. The Balaban J connectivity index is 2.62. The second-order valence-corrected chi connectivity index (χ2v) is 3.95. The van der Waals surface area contributed by atoms with Gasteiger partial charge in [0.1, 0.15) is 12.1 Å². The number of hydrogen-bond donors (Lipinski definition) is 0. The summed E-state index contributed by atoms with van der Waals surface area (Å²) < 4.78 is 9.32. The lowest BCUT2D eigenvalue weighted by molar-refractivity contribution is -0.147. The van der Waals surface area contributed by atoms with E-state index in [0.29, 0.717) is 6.54 Å². The zero-order chi connectivity index (χ0) is 11.6. The van der Waals surface area contributed by atoms with Gasteiger partial charge in [-0.1, -0.05) is 13.8 Å². The molecule has 0 aromatic rings. The Bertz CT molecular complexity index is 264. The van der Waals surface area contributed by atoms with E-state index in [9.17, 15) is 9.59 Å². The maximum absolute atomic E-state index is 11.5. The molecule has 2 unspecified atom stereocenters. The Hall–Kier alpha value is -1.10. The third-order valence-electron chi connectivity index (χ3n) is 2.56. The number of hydrogen-bond acceptors (Lipinski definition) is 5. The van der Waals surface area contributed by atoms with E-state index in [1.807, 2.05) is 13.8 Å². The average Bonchev–Trinajstić information content (AvgIpc) is 2.96. The van der Waals surface area contributed by atoms with Crippen molar-refractivity contribution in [3.63, 3.8) is 0 Å². The van der Waals surface area contributed by atoms with E-state index >= 15 is 0 Å². The van der Waals surface area contributed by atoms with E-state index in [2.05, 4.69) is 4.74 Å². The number of ether oxygens (including phenoxy) is 2. The van der Waals surface area contributed by atoms with E-state index < -0.39 is 0 Å². The van der Waals surface area contributed by atoms with Gasteiger partial charge in [0.05, 0.1) is 14.2 Å². The molecular formula is C10H17NO4. The zero-order valence-electron chi connectivity index (χ0n) is 9.52. The molecule has 15 heavy (non-hydrogen) atoms. The lowest BCUT2D eigenvalue weighted by Gasteiger charge is -2.19. The third kappa shape index (κ3) is 2.47. The summed E-state index contributed by atoms with van der Waals surface area (Å²) in [6.45, 7) is 4.42. The van der Waals surface area contributed by atoms with Gasteiger partial charge in [-0.3, -0.25) is 14.5 Å². The maximum atomic E-state index is 11.5. The summed E-state index contributed by atoms with van der Waals surface area (Å²) in [5, 5.41) is 0. The van der Waals surface area contributed by atoms with Crippen LogP contribution in [0.5, 0.6) is 0 Å². The van der Waals surface area contributed by atoms with Gasteiger partial charge in [0, 0.05) is 6.54 Å². The molecule has 1 aliphatic rings. The molecule has 1 saturated heterocycles. The fourth-order valence-electron chi connectivity index (χ4n) is 1.72. The summed E-state index contributed by atoms with van der Waals surface area (Å²) in [7, 11) is 2.70. The van der Waals surface area contributed by atoms with Gasteiger partial charge in [0.25, 0.3) is 0 Å². The van der Waals surface area contributed by atoms with Gasteiger partial charge in [-0.15, -0.1) is 0 Å². The summed E-state index contributed by atoms with van der Waals surface area (Å²) in [4.78, 5) is 24.5. The molecule has 5 nitrogen and oxygen atoms in total. The van der Waals surface area contributed by atoms with Crippen molar-refractivity contribution in [1.29, 1.82) is 0 Å². The van der Waals surface area contributed by atoms with Crippen LogP contribution in [0.25, 0.3) is 0 Å². The molecule has 3 atom stereocenters. The molecule has 1 heterocycles. The van der Waals surface area contributed by atoms with Gasteiger partial charge in [-0.25, -0.2) is 0 Å². The predicted molar refractivity (Wildman–Crippen MR) is 53.2 cm³/mol. The molecule has 0 N–H and O–H groups in total. The maximum Gasteiger partial charge on any atom is 0.324 e. The topological polar surface area (TPSA) is 55.6 Å². The average molecular weight is 215 g/mol. The van der Waals surface area contributed by atoms with E-state index in [1.165, 1.54) is 14.2 Å². The molecular weight excluding hydrogens is 198 g/mol. The first kappa shape index (κ1) is 12.0. The van der Waals surface area contributed by atoms with Gasteiger partial charge in [0.15, 0.2) is 0 Å². The molecule has 0 bridgehead atoms. The van der Waals surface area contributed by atoms with Crippen LogP contribution in [-0.2, 0) is 19.1 Å². The molecule has 0 aliphatic carbocycles. The van der Waals surface area contributed by atoms with Crippen LogP contribution in [0, 0.1) is 5.92 Å². The highest BCUT2D eigenvalue weighted by atomic mass is 16.5. The quantitative estimate of drug-likeness (QED) is 0.489. The Morgan fingerprint density at radius 1 is 1.27 bits per heavy atom. The number of rotatable bonds is 4. The summed E-state index contributed by atoms with van der Waals surface area (Å²) in [6.07, 6.45) is 0. The highest BCUT2D eigenvalue weighted by Gasteiger charge is 2.49. The third-order valence-corrected chi connectivity index (χ3v) is 2.56. The zero-order valence-corrected chi connectivity index (χ0v) is 9.52. The van der Waals surface area contributed by atoms with E-state index in [-0.39, 0.29) is 29.9 Å². The summed E-state index contributed by atoms with van der Waals surface area (Å²) >= 11 is 0. The SMILES string of the molecule is COC(=O)C1CN1[C@H](C(=O)OC)C(C)C. The molecule has 1 aliphatic heterocycles. The second-order valence-electron chi connectivity index (χ2n) is 3.95. The number of esters is 2. The molecule has 1 fully saturated rings. The molecule has 0 spiro atoms. The number of carbonyl (C=O) groups excluding carboxylic acids is 2. The largest absolute Gasteiger partial charge is 0.468 e. The minimum atomic E-state index is -0.348. The molecule has 0 aromatic carbocycles. The lowest BCUT2D eigenvalue weighted by atomic mass is 10.0. The van der Waals surface area contributed by atoms with Crippen LogP contribution in [0.1, 0.15) is 13.8 Å². The van der Waals surface area contributed by atoms with Crippen LogP contribution in [0.4, 0.5) is 0 Å². The van der Waals surface area contributed by atoms with Crippen molar-refractivity contribution in [1.82, 2.24) is 4.90 Å². The molecule has 0 saturated carbocycles. The van der Waals surface area contributed by atoms with Crippen LogP contribution < -0.4 is 0 Å². The highest BCUT2D eigenvalue weighted by molar-refractivity contribution is 5.83. The Morgan fingerprint density at radius 3 is 2.27 bits per heavy atom. The first-order chi connectivity index (χ1) is 7.02. The van der Waals surface area contributed by atoms with E-state index in [4.69, 9.17) is 4.74 Å². The lowest BCUT2D eigenvalue weighted by Crippen LogP contribution is -2.37. The van der Waals surface area contributed by atoms with Crippen molar-refractivity contribution < 1.29 is 19.1 Å². The first-order valence-corrected chi connectivity index (χ1v) is 4.94. The fraction of sp³-hybridized carbons (Fsp3) is 0.800. The number of methoxy groups -OCH3 is 2. The summed E-state index contributed by atoms with van der Waals surface area (Å²) in [5.41, 5.74) is 0. The molecule has 0 radical (unpaired) electrons. The minimum absolute atomic E-state index is 0.118. The van der Waals surface area contributed by atoms with Crippen LogP contribution in [0.2, 0.25) is 0 Å². The van der Waals surface area contributed by atoms with Crippen molar-refractivity contribution in [3.05, 3.63) is 0 Å². The molecule has 86 valence electrons. The van der Waals surface area contributed by atoms with Crippen molar-refractivity contribution in [2.24, 2.45) is 5.92 Å². The van der Waals surface area contributed by atoms with Gasteiger partial charge in [-0.2, -0.15) is 0 Å². The van der Waals surface area contributed by atoms with Crippen LogP contribution in [-0.4, -0.2) is 49.7 Å². The van der Waals surface area contributed by atoms with Crippen LogP contribution in [0.3, 0.4) is 0 Å². The van der Waals surface area contributed by atoms with Gasteiger partial charge < -0.3 is 9.47 Å². The first-order valence-electron chi connectivity index (χ1n) is 4.94. The minimum Gasteiger partial charge on any atom is -0.468 e. The molecule has 0 aromatic heterocycles. The predicted octanol–water partition coefficient (Wildman–Crippen LogP) is 0.0412.